The number of hydrogen-bond acceptors (Lipinski definition) is 5. The molecular weight excluding hydrogens is 207 g/mol. The van der Waals surface area contributed by atoms with Crippen LogP contribution in [0.25, 0.3) is 0 Å². The van der Waals surface area contributed by atoms with Crippen LogP contribution in [0.4, 0.5) is 0 Å². The minimum absolute atomic E-state index is 0.276. The van der Waals surface area contributed by atoms with Gasteiger partial charge in [-0.05, 0) is 31.1 Å². The number of benzene rings is 1. The van der Waals surface area contributed by atoms with Crippen molar-refractivity contribution in [2.75, 3.05) is 13.2 Å². The Labute approximate surface area is 80.4 Å². The first-order chi connectivity index (χ1) is 6.57. The highest BCUT2D eigenvalue weighted by molar-refractivity contribution is 7.57. The highest BCUT2D eigenvalue weighted by atomic mass is 31.2. The zero-order chi connectivity index (χ0) is 10.2. The zero-order valence-electron chi connectivity index (χ0n) is 7.13. The van der Waals surface area contributed by atoms with Gasteiger partial charge in [0.25, 0.3) is 0 Å². The van der Waals surface area contributed by atoms with Gasteiger partial charge in [0.15, 0.2) is 11.5 Å². The first-order valence-electron chi connectivity index (χ1n) is 3.99. The largest absolute Gasteiger partial charge is 0.807 e. The van der Waals surface area contributed by atoms with Gasteiger partial charge in [0.2, 0.25) is 0 Å². The van der Waals surface area contributed by atoms with E-state index < -0.39 is 7.60 Å². The highest BCUT2D eigenvalue weighted by Crippen LogP contribution is 2.32. The zero-order valence-corrected chi connectivity index (χ0v) is 8.03. The Bertz CT molecular complexity index is 397. The van der Waals surface area contributed by atoms with Crippen molar-refractivity contribution in [2.24, 2.45) is 0 Å². The lowest BCUT2D eigenvalue weighted by molar-refractivity contribution is -0.307. The molecule has 0 bridgehead atoms. The third kappa shape index (κ3) is 1.75. The summed E-state index contributed by atoms with van der Waals surface area (Å²) in [5.74, 6) is 0.772. The molecule has 0 spiro atoms. The molecule has 1 heterocycles. The van der Waals surface area contributed by atoms with Crippen molar-refractivity contribution in [3.8, 4) is 11.5 Å². The van der Waals surface area contributed by atoms with E-state index in [2.05, 4.69) is 0 Å². The maximum atomic E-state index is 10.7. The molecule has 0 aromatic heterocycles. The molecule has 6 heteroatoms. The summed E-state index contributed by atoms with van der Waals surface area (Å²) in [6.45, 7) is 0.789. The van der Waals surface area contributed by atoms with Crippen molar-refractivity contribution < 1.29 is 23.8 Å². The number of ether oxygens (including phenoxy) is 2. The first kappa shape index (κ1) is 9.52. The molecule has 0 amide bonds. The Balaban J connectivity index is 2.44. The lowest BCUT2D eigenvalue weighted by Crippen LogP contribution is -2.25. The fourth-order valence-electron chi connectivity index (χ4n) is 1.20. The van der Waals surface area contributed by atoms with Gasteiger partial charge in [0, 0.05) is 0 Å². The second-order valence-corrected chi connectivity index (χ2v) is 4.34. The summed E-state index contributed by atoms with van der Waals surface area (Å²) in [4.78, 5) is 21.4. The Kier molecular flexibility index (Phi) is 2.23. The lowest BCUT2D eigenvalue weighted by atomic mass is 10.3. The summed E-state index contributed by atoms with van der Waals surface area (Å²) in [5.41, 5.74) is 0. The van der Waals surface area contributed by atoms with Gasteiger partial charge in [-0.3, -0.25) is 0 Å². The maximum Gasteiger partial charge on any atom is 0.162 e. The fourth-order valence-corrected chi connectivity index (χ4v) is 1.73. The van der Waals surface area contributed by atoms with E-state index in [1.165, 1.54) is 18.2 Å². The monoisotopic (exact) mass is 214 g/mol. The molecule has 5 nitrogen and oxygen atoms in total. The van der Waals surface area contributed by atoms with E-state index in [-0.39, 0.29) is 5.30 Å². The molecule has 0 atom stereocenters. The van der Waals surface area contributed by atoms with E-state index >= 15 is 0 Å². The Morgan fingerprint density at radius 3 is 2.43 bits per heavy atom. The predicted molar refractivity (Wildman–Crippen MR) is 44.7 cm³/mol. The summed E-state index contributed by atoms with van der Waals surface area (Å²) in [6.07, 6.45) is 0. The smallest absolute Gasteiger partial charge is 0.162 e. The van der Waals surface area contributed by atoms with E-state index in [9.17, 15) is 14.4 Å². The summed E-state index contributed by atoms with van der Waals surface area (Å²) in [5, 5.41) is -0.276. The average Bonchev–Trinajstić information content (AvgIpc) is 2.16. The van der Waals surface area contributed by atoms with E-state index in [0.717, 1.165) is 0 Å². The van der Waals surface area contributed by atoms with Crippen molar-refractivity contribution in [3.63, 3.8) is 0 Å². The lowest BCUT2D eigenvalue weighted by Gasteiger charge is -2.31. The predicted octanol–water partition coefficient (Wildman–Crippen LogP) is -1.00. The van der Waals surface area contributed by atoms with E-state index in [4.69, 9.17) is 9.47 Å². The van der Waals surface area contributed by atoms with Crippen LogP contribution in [0, 0.1) is 0 Å². The van der Waals surface area contributed by atoms with Gasteiger partial charge in [-0.2, -0.15) is 0 Å². The molecule has 0 N–H and O–H groups in total. The van der Waals surface area contributed by atoms with Crippen molar-refractivity contribution >= 4 is 12.9 Å². The van der Waals surface area contributed by atoms with Crippen molar-refractivity contribution in [1.29, 1.82) is 0 Å². The van der Waals surface area contributed by atoms with E-state index in [1.54, 1.807) is 0 Å². The summed E-state index contributed by atoms with van der Waals surface area (Å²) >= 11 is 0. The quantitative estimate of drug-likeness (QED) is 0.560. The molecular formula is C8H7O5P-2. The van der Waals surface area contributed by atoms with Gasteiger partial charge in [-0.1, -0.05) is 0 Å². The van der Waals surface area contributed by atoms with Crippen LogP contribution in [-0.2, 0) is 4.57 Å². The molecule has 0 radical (unpaired) electrons. The molecule has 1 aromatic rings. The second-order valence-electron chi connectivity index (χ2n) is 2.83. The molecule has 0 aliphatic carbocycles. The maximum absolute atomic E-state index is 10.7. The summed E-state index contributed by atoms with van der Waals surface area (Å²) < 4.78 is 21.0. The van der Waals surface area contributed by atoms with Gasteiger partial charge in [-0.15, -0.1) is 0 Å². The Morgan fingerprint density at radius 1 is 1.14 bits per heavy atom. The SMILES string of the molecule is O=P([O-])([O-])c1ccc2c(c1)OCCO2. The average molecular weight is 214 g/mol. The van der Waals surface area contributed by atoms with Gasteiger partial charge in [0.1, 0.15) is 13.2 Å². The molecule has 1 aliphatic rings. The summed E-state index contributed by atoms with van der Waals surface area (Å²) in [6, 6.07) is 3.83. The van der Waals surface area contributed by atoms with Gasteiger partial charge in [0.05, 0.1) is 0 Å². The molecule has 0 saturated heterocycles. The third-order valence-corrected chi connectivity index (χ3v) is 2.75. The third-order valence-electron chi connectivity index (χ3n) is 1.84. The van der Waals surface area contributed by atoms with Gasteiger partial charge < -0.3 is 23.8 Å². The fraction of sp³-hybridized carbons (Fsp3) is 0.250. The minimum Gasteiger partial charge on any atom is -0.807 e. The highest BCUT2D eigenvalue weighted by Gasteiger charge is 2.12. The standard InChI is InChI=1S/C8H9O5P/c9-14(10,11)6-1-2-7-8(5-6)13-4-3-12-7/h1-2,5H,3-4H2,(H2,9,10,11)/p-2. The molecule has 14 heavy (non-hydrogen) atoms. The molecule has 1 aliphatic heterocycles. The molecule has 76 valence electrons. The topological polar surface area (TPSA) is 81.7 Å². The van der Waals surface area contributed by atoms with Crippen LogP contribution in [0.1, 0.15) is 0 Å². The minimum atomic E-state index is -4.70. The van der Waals surface area contributed by atoms with Crippen LogP contribution >= 0.6 is 7.60 Å². The van der Waals surface area contributed by atoms with Crippen LogP contribution in [0.3, 0.4) is 0 Å². The van der Waals surface area contributed by atoms with Crippen LogP contribution in [0.2, 0.25) is 0 Å². The van der Waals surface area contributed by atoms with Crippen molar-refractivity contribution in [2.45, 2.75) is 0 Å². The molecule has 0 unspecified atom stereocenters. The van der Waals surface area contributed by atoms with Crippen molar-refractivity contribution in [3.05, 3.63) is 18.2 Å². The van der Waals surface area contributed by atoms with Gasteiger partial charge in [-0.25, -0.2) is 0 Å². The molecule has 2 rings (SSSR count). The van der Waals surface area contributed by atoms with E-state index in [0.29, 0.717) is 24.7 Å². The summed E-state index contributed by atoms with van der Waals surface area (Å²) in [7, 11) is -4.70. The Morgan fingerprint density at radius 2 is 1.79 bits per heavy atom. The molecule has 0 saturated carbocycles. The van der Waals surface area contributed by atoms with Crippen LogP contribution < -0.4 is 24.6 Å². The van der Waals surface area contributed by atoms with Crippen LogP contribution in [-0.4, -0.2) is 13.2 Å². The van der Waals surface area contributed by atoms with E-state index in [1.807, 2.05) is 0 Å². The van der Waals surface area contributed by atoms with Crippen molar-refractivity contribution in [1.82, 2.24) is 0 Å². The second kappa shape index (κ2) is 3.28. The number of rotatable bonds is 1. The number of fused-ring (bicyclic) bond motifs is 1. The van der Waals surface area contributed by atoms with Crippen LogP contribution in [0.15, 0.2) is 18.2 Å². The first-order valence-corrected chi connectivity index (χ1v) is 5.54. The number of hydrogen-bond donors (Lipinski definition) is 0. The molecule has 0 fully saturated rings. The van der Waals surface area contributed by atoms with Crippen LogP contribution in [0.5, 0.6) is 11.5 Å². The Hall–Kier alpha value is -1.03. The molecule has 1 aromatic carbocycles. The normalized spacial score (nSPS) is 15.3. The van der Waals surface area contributed by atoms with Gasteiger partial charge >= 0.3 is 0 Å².